The fourth-order valence-electron chi connectivity index (χ4n) is 3.74. The van der Waals surface area contributed by atoms with E-state index in [2.05, 4.69) is 0 Å². The van der Waals surface area contributed by atoms with Crippen molar-refractivity contribution in [3.63, 3.8) is 0 Å². The number of anilines is 2. The Morgan fingerprint density at radius 2 is 0.773 bits per heavy atom. The van der Waals surface area contributed by atoms with Crippen molar-refractivity contribution in [2.24, 2.45) is 0 Å². The van der Waals surface area contributed by atoms with Crippen LogP contribution in [0.3, 0.4) is 0 Å². The van der Waals surface area contributed by atoms with Crippen LogP contribution in [0.5, 0.6) is 0 Å². The number of ether oxygens (including phenoxy) is 1. The van der Waals surface area contributed by atoms with E-state index in [-0.39, 0.29) is 24.8 Å². The molecule has 0 aromatic heterocycles. The molecule has 15 nitrogen and oxygen atoms in total. The Balaban J connectivity index is 0.000000201. The van der Waals surface area contributed by atoms with Crippen molar-refractivity contribution in [2.45, 2.75) is 19.3 Å². The van der Waals surface area contributed by atoms with Crippen molar-refractivity contribution in [3.8, 4) is 0 Å². The first-order chi connectivity index (χ1) is 21.1. The smallest absolute Gasteiger partial charge is 0.258 e. The normalized spacial score (nSPS) is 16.7. The minimum absolute atomic E-state index is 0.206. The molecule has 44 heavy (non-hydrogen) atoms. The SMILES string of the molecule is O=C1C=CC(=O)N1COCN1C(=O)C=CC1=O.O=C1C=CC(=O)N1c1ccccc1N1C(=O)C=CC1=O.O=CCCCC=O. The quantitative estimate of drug-likeness (QED) is 0.196. The highest BCUT2D eigenvalue weighted by Crippen LogP contribution is 2.32. The highest BCUT2D eigenvalue weighted by Gasteiger charge is 2.33. The molecule has 1 aromatic carbocycles. The van der Waals surface area contributed by atoms with Gasteiger partial charge in [0, 0.05) is 61.4 Å². The first kappa shape index (κ1) is 32.6. The second kappa shape index (κ2) is 15.3. The van der Waals surface area contributed by atoms with Crippen molar-refractivity contribution in [1.82, 2.24) is 9.80 Å². The Hall–Kier alpha value is -5.96. The van der Waals surface area contributed by atoms with Crippen molar-refractivity contribution in [1.29, 1.82) is 0 Å². The van der Waals surface area contributed by atoms with E-state index >= 15 is 0 Å². The van der Waals surface area contributed by atoms with Crippen LogP contribution in [0, 0.1) is 0 Å². The predicted octanol–water partition coefficient (Wildman–Crippen LogP) is -0.132. The topological polar surface area (TPSA) is 193 Å². The zero-order valence-electron chi connectivity index (χ0n) is 22.9. The van der Waals surface area contributed by atoms with Crippen LogP contribution in [-0.2, 0) is 52.7 Å². The molecule has 0 radical (unpaired) electrons. The molecule has 0 fully saturated rings. The van der Waals surface area contributed by atoms with Crippen LogP contribution in [0.1, 0.15) is 19.3 Å². The third-order valence-electron chi connectivity index (χ3n) is 5.87. The summed E-state index contributed by atoms with van der Waals surface area (Å²) in [5, 5.41) is 0. The molecule has 226 valence electrons. The Kier molecular flexibility index (Phi) is 11.3. The van der Waals surface area contributed by atoms with Gasteiger partial charge in [-0.25, -0.2) is 9.80 Å². The fourth-order valence-corrected chi connectivity index (χ4v) is 3.74. The van der Waals surface area contributed by atoms with Gasteiger partial charge in [0.05, 0.1) is 11.4 Å². The van der Waals surface area contributed by atoms with Gasteiger partial charge in [-0.1, -0.05) is 12.1 Å². The molecule has 0 saturated heterocycles. The summed E-state index contributed by atoms with van der Waals surface area (Å²) in [6, 6.07) is 6.26. The zero-order valence-corrected chi connectivity index (χ0v) is 22.9. The van der Waals surface area contributed by atoms with Crippen LogP contribution < -0.4 is 9.80 Å². The van der Waals surface area contributed by atoms with E-state index in [0.717, 1.165) is 80.8 Å². The van der Waals surface area contributed by atoms with Gasteiger partial charge in [-0.3, -0.25) is 48.2 Å². The summed E-state index contributed by atoms with van der Waals surface area (Å²) in [7, 11) is 0. The average Bonchev–Trinajstić information content (AvgIpc) is 3.73. The Labute approximate surface area is 249 Å². The number of rotatable bonds is 10. The molecular formula is C29H24N4O11. The molecule has 0 atom stereocenters. The lowest BCUT2D eigenvalue weighted by Gasteiger charge is -2.22. The van der Waals surface area contributed by atoms with Gasteiger partial charge < -0.3 is 14.3 Å². The molecular weight excluding hydrogens is 580 g/mol. The highest BCUT2D eigenvalue weighted by atomic mass is 16.5. The van der Waals surface area contributed by atoms with Crippen molar-refractivity contribution < 1.29 is 52.7 Å². The number of hydrogen-bond donors (Lipinski definition) is 0. The molecule has 4 aliphatic rings. The monoisotopic (exact) mass is 604 g/mol. The van der Waals surface area contributed by atoms with Crippen LogP contribution in [0.2, 0.25) is 0 Å². The van der Waals surface area contributed by atoms with Crippen molar-refractivity contribution in [2.75, 3.05) is 23.3 Å². The Bertz CT molecular complexity index is 1360. The summed E-state index contributed by atoms with van der Waals surface area (Å²) in [4.78, 5) is 114. The first-order valence-electron chi connectivity index (χ1n) is 12.8. The molecule has 5 rings (SSSR count). The van der Waals surface area contributed by atoms with Gasteiger partial charge in [0.15, 0.2) is 0 Å². The van der Waals surface area contributed by atoms with Crippen LogP contribution >= 0.6 is 0 Å². The standard InChI is InChI=1S/C14H8N2O4.C10H8N2O5.C5H8O2/c17-11-5-6-12(18)15(11)9-3-1-2-4-10(9)16-13(19)7-8-14(16)20;13-7-1-2-8(14)11(7)5-17-6-12-9(15)3-4-10(12)16;6-4-2-1-3-5-7/h1-8H;1-4H,5-6H2;4-5H,1-3H2. The largest absolute Gasteiger partial charge is 0.340 e. The molecule has 0 bridgehead atoms. The molecule has 4 heterocycles. The van der Waals surface area contributed by atoms with E-state index in [1.807, 2.05) is 0 Å². The number of imide groups is 4. The number of hydrogen-bond acceptors (Lipinski definition) is 11. The molecule has 0 aliphatic carbocycles. The number of para-hydroxylation sites is 2. The maximum absolute atomic E-state index is 11.7. The van der Waals surface area contributed by atoms with Gasteiger partial charge in [0.2, 0.25) is 0 Å². The third kappa shape index (κ3) is 7.86. The summed E-state index contributed by atoms with van der Waals surface area (Å²) in [5.41, 5.74) is 0.413. The number of aldehydes is 2. The van der Waals surface area contributed by atoms with Crippen LogP contribution in [0.25, 0.3) is 0 Å². The summed E-state index contributed by atoms with van der Waals surface area (Å²) in [6.07, 6.45) is 12.4. The van der Waals surface area contributed by atoms with E-state index in [1.165, 1.54) is 12.1 Å². The highest BCUT2D eigenvalue weighted by molar-refractivity contribution is 6.33. The number of nitrogens with zero attached hydrogens (tertiary/aromatic N) is 4. The van der Waals surface area contributed by atoms with Crippen LogP contribution in [0.4, 0.5) is 11.4 Å². The summed E-state index contributed by atoms with van der Waals surface area (Å²) in [5.74, 6) is -3.94. The van der Waals surface area contributed by atoms with E-state index in [0.29, 0.717) is 19.3 Å². The fraction of sp³-hybridized carbons (Fsp3) is 0.172. The first-order valence-corrected chi connectivity index (χ1v) is 12.8. The van der Waals surface area contributed by atoms with E-state index in [4.69, 9.17) is 4.74 Å². The average molecular weight is 605 g/mol. The maximum Gasteiger partial charge on any atom is 0.258 e. The maximum atomic E-state index is 11.7. The lowest BCUT2D eigenvalue weighted by Crippen LogP contribution is -2.37. The van der Waals surface area contributed by atoms with Gasteiger partial charge in [0.1, 0.15) is 26.0 Å². The number of carbonyl (C=O) groups excluding carboxylic acids is 10. The molecule has 1 aromatic rings. The predicted molar refractivity (Wildman–Crippen MR) is 148 cm³/mol. The van der Waals surface area contributed by atoms with Gasteiger partial charge in [0.25, 0.3) is 47.3 Å². The molecule has 8 amide bonds. The van der Waals surface area contributed by atoms with Crippen molar-refractivity contribution in [3.05, 3.63) is 72.9 Å². The third-order valence-corrected chi connectivity index (χ3v) is 5.87. The minimum Gasteiger partial charge on any atom is -0.340 e. The van der Waals surface area contributed by atoms with E-state index in [1.54, 1.807) is 12.1 Å². The number of benzene rings is 1. The Morgan fingerprint density at radius 3 is 1.07 bits per heavy atom. The lowest BCUT2D eigenvalue weighted by atomic mass is 10.2. The number of amides is 8. The summed E-state index contributed by atoms with van der Waals surface area (Å²) >= 11 is 0. The molecule has 0 unspecified atom stereocenters. The molecule has 0 saturated carbocycles. The van der Waals surface area contributed by atoms with Crippen molar-refractivity contribution >= 4 is 71.2 Å². The lowest BCUT2D eigenvalue weighted by molar-refractivity contribution is -0.150. The van der Waals surface area contributed by atoms with Gasteiger partial charge >= 0.3 is 0 Å². The van der Waals surface area contributed by atoms with Crippen LogP contribution in [0.15, 0.2) is 72.9 Å². The second-order valence-corrected chi connectivity index (χ2v) is 8.78. The Morgan fingerprint density at radius 1 is 0.477 bits per heavy atom. The minimum atomic E-state index is -0.505. The summed E-state index contributed by atoms with van der Waals surface area (Å²) in [6.45, 7) is -0.580. The van der Waals surface area contributed by atoms with E-state index < -0.39 is 47.3 Å². The van der Waals surface area contributed by atoms with Gasteiger partial charge in [-0.15, -0.1) is 0 Å². The molecule has 0 spiro atoms. The molecule has 0 N–H and O–H groups in total. The number of unbranched alkanes of at least 4 members (excludes halogenated alkanes) is 2. The zero-order chi connectivity index (χ0) is 32.2. The van der Waals surface area contributed by atoms with Crippen LogP contribution in [-0.4, -0.2) is 83.1 Å². The van der Waals surface area contributed by atoms with Gasteiger partial charge in [-0.05, 0) is 18.6 Å². The van der Waals surface area contributed by atoms with E-state index in [9.17, 15) is 47.9 Å². The molecule has 15 heteroatoms. The number of carbonyl (C=O) groups is 10. The van der Waals surface area contributed by atoms with Gasteiger partial charge in [-0.2, -0.15) is 0 Å². The molecule has 4 aliphatic heterocycles. The summed E-state index contributed by atoms with van der Waals surface area (Å²) < 4.78 is 4.97. The second-order valence-electron chi connectivity index (χ2n) is 8.78.